The third kappa shape index (κ3) is 7.11. The number of hydrogen-bond acceptors (Lipinski definition) is 2. The number of carbonyl (C=O) groups is 2. The number of amides is 2. The number of halogens is 2. The molecule has 36 heavy (non-hydrogen) atoms. The maximum atomic E-state index is 13.9. The van der Waals surface area contributed by atoms with Gasteiger partial charge < -0.3 is 10.2 Å². The molecule has 0 spiro atoms. The summed E-state index contributed by atoms with van der Waals surface area (Å²) in [5, 5.41) is 4.36. The normalized spacial score (nSPS) is 14.7. The Labute approximate surface area is 223 Å². The Morgan fingerprint density at radius 3 is 2.03 bits per heavy atom. The molecule has 4 rings (SSSR count). The molecule has 0 aromatic heterocycles. The van der Waals surface area contributed by atoms with Crippen molar-refractivity contribution in [2.45, 2.75) is 63.6 Å². The second kappa shape index (κ2) is 12.9. The molecule has 1 saturated carbocycles. The van der Waals surface area contributed by atoms with Crippen molar-refractivity contribution >= 4 is 35.0 Å². The van der Waals surface area contributed by atoms with Gasteiger partial charge in [-0.1, -0.05) is 109 Å². The summed E-state index contributed by atoms with van der Waals surface area (Å²) in [5.74, 6) is -0.284. The Morgan fingerprint density at radius 2 is 1.39 bits per heavy atom. The van der Waals surface area contributed by atoms with Crippen LogP contribution in [0.5, 0.6) is 0 Å². The van der Waals surface area contributed by atoms with Crippen LogP contribution >= 0.6 is 23.2 Å². The standard InChI is InChI=1S/C30H32Cl2N2O2/c31-26-17-9-7-13-23(26)20-29(35)34(21-24-14-8-10-18-27(24)32)28(19-22-11-3-1-4-12-22)30(36)33-25-15-5-2-6-16-25/h1,3-4,7-14,17-18,25,28H,2,5-6,15-16,19-21H2,(H,33,36)/t28-/m1/s1. The van der Waals surface area contributed by atoms with Gasteiger partial charge >= 0.3 is 0 Å². The van der Waals surface area contributed by atoms with E-state index in [9.17, 15) is 9.59 Å². The van der Waals surface area contributed by atoms with Crippen molar-refractivity contribution in [3.8, 4) is 0 Å². The van der Waals surface area contributed by atoms with E-state index < -0.39 is 6.04 Å². The predicted molar refractivity (Wildman–Crippen MR) is 146 cm³/mol. The van der Waals surface area contributed by atoms with Crippen molar-refractivity contribution in [1.82, 2.24) is 10.2 Å². The van der Waals surface area contributed by atoms with Gasteiger partial charge in [0.25, 0.3) is 0 Å². The summed E-state index contributed by atoms with van der Waals surface area (Å²) in [6.07, 6.45) is 5.90. The van der Waals surface area contributed by atoms with Gasteiger partial charge in [-0.25, -0.2) is 0 Å². The van der Waals surface area contributed by atoms with Gasteiger partial charge in [-0.05, 0) is 41.7 Å². The van der Waals surface area contributed by atoms with Crippen LogP contribution in [0.2, 0.25) is 10.0 Å². The zero-order valence-electron chi connectivity index (χ0n) is 20.3. The van der Waals surface area contributed by atoms with E-state index in [4.69, 9.17) is 23.2 Å². The fourth-order valence-corrected chi connectivity index (χ4v) is 5.21. The molecular weight excluding hydrogens is 491 g/mol. The highest BCUT2D eigenvalue weighted by atomic mass is 35.5. The van der Waals surface area contributed by atoms with Crippen molar-refractivity contribution in [2.24, 2.45) is 0 Å². The lowest BCUT2D eigenvalue weighted by Crippen LogP contribution is -2.53. The highest BCUT2D eigenvalue weighted by Crippen LogP contribution is 2.24. The smallest absolute Gasteiger partial charge is 0.243 e. The van der Waals surface area contributed by atoms with E-state index in [2.05, 4.69) is 5.32 Å². The van der Waals surface area contributed by atoms with Crippen molar-refractivity contribution in [3.05, 3.63) is 106 Å². The van der Waals surface area contributed by atoms with Crippen molar-refractivity contribution < 1.29 is 9.59 Å². The van der Waals surface area contributed by atoms with Crippen molar-refractivity contribution in [1.29, 1.82) is 0 Å². The van der Waals surface area contributed by atoms with E-state index >= 15 is 0 Å². The first-order valence-electron chi connectivity index (χ1n) is 12.6. The average molecular weight is 524 g/mol. The van der Waals surface area contributed by atoms with Gasteiger partial charge in [-0.15, -0.1) is 0 Å². The molecule has 0 aliphatic heterocycles. The number of nitrogens with one attached hydrogen (secondary N) is 1. The molecule has 0 radical (unpaired) electrons. The molecule has 3 aromatic carbocycles. The molecule has 1 atom stereocenters. The number of nitrogens with zero attached hydrogens (tertiary/aromatic N) is 1. The van der Waals surface area contributed by atoms with Crippen molar-refractivity contribution in [2.75, 3.05) is 0 Å². The van der Waals surface area contributed by atoms with E-state index in [1.807, 2.05) is 72.8 Å². The van der Waals surface area contributed by atoms with Gasteiger partial charge in [0.05, 0.1) is 6.42 Å². The van der Waals surface area contributed by atoms with Crippen LogP contribution < -0.4 is 5.32 Å². The first-order valence-corrected chi connectivity index (χ1v) is 13.4. The number of rotatable bonds is 9. The highest BCUT2D eigenvalue weighted by Gasteiger charge is 2.32. The Hall–Kier alpha value is -2.82. The van der Waals surface area contributed by atoms with Crippen LogP contribution in [-0.2, 0) is 29.0 Å². The van der Waals surface area contributed by atoms with Gasteiger partial charge in [0.15, 0.2) is 0 Å². The number of hydrogen-bond donors (Lipinski definition) is 1. The van der Waals surface area contributed by atoms with Crippen LogP contribution in [0, 0.1) is 0 Å². The first kappa shape index (κ1) is 26.2. The van der Waals surface area contributed by atoms with Crippen LogP contribution in [-0.4, -0.2) is 28.8 Å². The second-order valence-electron chi connectivity index (χ2n) is 9.43. The fourth-order valence-electron chi connectivity index (χ4n) is 4.81. The fraction of sp³-hybridized carbons (Fsp3) is 0.333. The van der Waals surface area contributed by atoms with Gasteiger partial charge in [-0.2, -0.15) is 0 Å². The lowest BCUT2D eigenvalue weighted by Gasteiger charge is -2.34. The van der Waals surface area contributed by atoms with Crippen LogP contribution in [0.25, 0.3) is 0 Å². The summed E-state index contributed by atoms with van der Waals surface area (Å²) < 4.78 is 0. The van der Waals surface area contributed by atoms with Gasteiger partial charge in [-0.3, -0.25) is 9.59 Å². The zero-order valence-corrected chi connectivity index (χ0v) is 21.8. The average Bonchev–Trinajstić information content (AvgIpc) is 2.89. The Morgan fingerprint density at radius 1 is 0.806 bits per heavy atom. The molecule has 0 saturated heterocycles. The molecule has 188 valence electrons. The van der Waals surface area contributed by atoms with E-state index in [0.717, 1.165) is 42.4 Å². The Bertz CT molecular complexity index is 1160. The minimum absolute atomic E-state index is 0.103. The molecule has 2 amide bonds. The quantitative estimate of drug-likeness (QED) is 0.343. The van der Waals surface area contributed by atoms with E-state index in [1.165, 1.54) is 6.42 Å². The van der Waals surface area contributed by atoms with Gasteiger partial charge in [0.1, 0.15) is 6.04 Å². The highest BCUT2D eigenvalue weighted by molar-refractivity contribution is 6.31. The summed E-state index contributed by atoms with van der Waals surface area (Å²) in [6, 6.07) is 24.1. The maximum Gasteiger partial charge on any atom is 0.243 e. The summed E-state index contributed by atoms with van der Waals surface area (Å²) >= 11 is 12.9. The molecule has 3 aromatic rings. The molecule has 1 N–H and O–H groups in total. The van der Waals surface area contributed by atoms with Crippen LogP contribution in [0.3, 0.4) is 0 Å². The predicted octanol–water partition coefficient (Wildman–Crippen LogP) is 6.62. The van der Waals surface area contributed by atoms with E-state index in [-0.39, 0.29) is 30.8 Å². The van der Waals surface area contributed by atoms with Crippen LogP contribution in [0.15, 0.2) is 78.9 Å². The van der Waals surface area contributed by atoms with E-state index in [1.54, 1.807) is 11.0 Å². The Kier molecular flexibility index (Phi) is 9.43. The SMILES string of the molecule is O=C(NC1CCCCC1)[C@@H](Cc1ccccc1)N(Cc1ccccc1Cl)C(=O)Cc1ccccc1Cl. The second-order valence-corrected chi connectivity index (χ2v) is 10.2. The monoisotopic (exact) mass is 522 g/mol. The van der Waals surface area contributed by atoms with Gasteiger partial charge in [0, 0.05) is 29.1 Å². The molecule has 0 bridgehead atoms. The van der Waals surface area contributed by atoms with Crippen LogP contribution in [0.4, 0.5) is 0 Å². The summed E-state index contributed by atoms with van der Waals surface area (Å²) in [6.45, 7) is 0.235. The third-order valence-corrected chi connectivity index (χ3v) is 7.56. The van der Waals surface area contributed by atoms with Crippen molar-refractivity contribution in [3.63, 3.8) is 0 Å². The molecule has 1 aliphatic rings. The minimum atomic E-state index is -0.680. The van der Waals surface area contributed by atoms with Gasteiger partial charge in [0.2, 0.25) is 11.8 Å². The number of carbonyl (C=O) groups excluding carboxylic acids is 2. The molecule has 0 heterocycles. The summed E-state index contributed by atoms with van der Waals surface area (Å²) in [7, 11) is 0. The maximum absolute atomic E-state index is 13.9. The lowest BCUT2D eigenvalue weighted by atomic mass is 9.94. The molecule has 1 fully saturated rings. The molecular formula is C30H32Cl2N2O2. The largest absolute Gasteiger partial charge is 0.352 e. The van der Waals surface area contributed by atoms with Crippen LogP contribution in [0.1, 0.15) is 48.8 Å². The molecule has 4 nitrogen and oxygen atoms in total. The molecule has 0 unspecified atom stereocenters. The third-order valence-electron chi connectivity index (χ3n) is 6.82. The lowest BCUT2D eigenvalue weighted by molar-refractivity contribution is -0.141. The summed E-state index contributed by atoms with van der Waals surface area (Å²) in [4.78, 5) is 29.3. The first-order chi connectivity index (χ1) is 17.5. The topological polar surface area (TPSA) is 49.4 Å². The summed E-state index contributed by atoms with van der Waals surface area (Å²) in [5.41, 5.74) is 2.53. The van der Waals surface area contributed by atoms with E-state index in [0.29, 0.717) is 16.5 Å². The number of benzene rings is 3. The zero-order chi connectivity index (χ0) is 25.3. The molecule has 1 aliphatic carbocycles. The molecule has 6 heteroatoms. The minimum Gasteiger partial charge on any atom is -0.352 e. The Balaban J connectivity index is 1.67.